The van der Waals surface area contributed by atoms with Crippen LogP contribution >= 0.6 is 44.5 Å². The van der Waals surface area contributed by atoms with E-state index in [4.69, 9.17) is 11.6 Å². The number of Topliss-reactive ketones (excluding diaryl/α,β-unsaturated/α-hetero) is 1. The Morgan fingerprint density at radius 3 is 2.50 bits per heavy atom. The van der Waals surface area contributed by atoms with Crippen molar-refractivity contribution in [3.8, 4) is 11.3 Å². The standard InChI is InChI=1S/C18H13BrClN2O.BrH/c19-15-6-4-13(5-7-15)18(23)11-22-9-8-17(21-12-22)14-2-1-3-16(20)10-14;/h1-10,12H,11H2;1H/q+1;. The highest BCUT2D eigenvalue weighted by atomic mass is 79.9. The molecule has 1 aromatic heterocycles. The number of hydrogen-bond acceptors (Lipinski definition) is 2. The van der Waals surface area contributed by atoms with E-state index in [1.54, 1.807) is 23.0 Å². The summed E-state index contributed by atoms with van der Waals surface area (Å²) < 4.78 is 2.72. The number of halogens is 3. The number of benzene rings is 2. The molecule has 0 amide bonds. The van der Waals surface area contributed by atoms with Gasteiger partial charge in [-0.05, 0) is 29.2 Å². The van der Waals surface area contributed by atoms with Crippen LogP contribution in [0.4, 0.5) is 0 Å². The van der Waals surface area contributed by atoms with Crippen LogP contribution in [0.25, 0.3) is 11.3 Å². The van der Waals surface area contributed by atoms with Gasteiger partial charge in [0.05, 0.1) is 6.20 Å². The molecule has 0 saturated carbocycles. The van der Waals surface area contributed by atoms with Crippen molar-refractivity contribution in [1.82, 2.24) is 4.98 Å². The predicted molar refractivity (Wildman–Crippen MR) is 104 cm³/mol. The zero-order valence-corrected chi connectivity index (χ0v) is 16.6. The molecular weight excluding hydrogens is 455 g/mol. The quantitative estimate of drug-likeness (QED) is 0.402. The average molecular weight is 470 g/mol. The number of nitrogens with zero attached hydrogens (tertiary/aromatic N) is 2. The molecule has 3 aromatic rings. The summed E-state index contributed by atoms with van der Waals surface area (Å²) in [6.07, 6.45) is 3.51. The average Bonchev–Trinajstić information content (AvgIpc) is 2.56. The van der Waals surface area contributed by atoms with E-state index >= 15 is 0 Å². The molecule has 0 atom stereocenters. The van der Waals surface area contributed by atoms with Gasteiger partial charge in [-0.3, -0.25) is 4.79 Å². The first-order valence-corrected chi connectivity index (χ1v) is 8.19. The minimum absolute atomic E-state index is 0. The molecule has 24 heavy (non-hydrogen) atoms. The molecule has 6 heteroatoms. The smallest absolute Gasteiger partial charge is 0.287 e. The molecule has 0 radical (unpaired) electrons. The molecular formula is C18H14Br2ClN2O+. The minimum Gasteiger partial charge on any atom is -0.290 e. The lowest BCUT2D eigenvalue weighted by Crippen LogP contribution is -2.37. The third-order valence-corrected chi connectivity index (χ3v) is 4.15. The summed E-state index contributed by atoms with van der Waals surface area (Å²) >= 11 is 9.35. The maximum atomic E-state index is 12.2. The van der Waals surface area contributed by atoms with Crippen LogP contribution in [0.15, 0.2) is 71.6 Å². The summed E-state index contributed by atoms with van der Waals surface area (Å²) in [5.41, 5.74) is 2.45. The molecule has 0 fully saturated rings. The lowest BCUT2D eigenvalue weighted by Gasteiger charge is -2.01. The molecule has 3 nitrogen and oxygen atoms in total. The Balaban J connectivity index is 0.00000208. The van der Waals surface area contributed by atoms with E-state index in [2.05, 4.69) is 20.9 Å². The van der Waals surface area contributed by atoms with Crippen molar-refractivity contribution in [2.24, 2.45) is 0 Å². The number of carbonyl (C=O) groups is 1. The van der Waals surface area contributed by atoms with Gasteiger partial charge in [-0.2, -0.15) is 0 Å². The van der Waals surface area contributed by atoms with Crippen LogP contribution < -0.4 is 4.57 Å². The Morgan fingerprint density at radius 1 is 1.12 bits per heavy atom. The van der Waals surface area contributed by atoms with Crippen LogP contribution in [-0.4, -0.2) is 10.8 Å². The van der Waals surface area contributed by atoms with E-state index in [9.17, 15) is 4.79 Å². The predicted octanol–water partition coefficient (Wildman–Crippen LogP) is 4.91. The highest BCUT2D eigenvalue weighted by Gasteiger charge is 2.12. The van der Waals surface area contributed by atoms with E-state index in [-0.39, 0.29) is 29.3 Å². The van der Waals surface area contributed by atoms with Crippen LogP contribution in [0.1, 0.15) is 10.4 Å². The van der Waals surface area contributed by atoms with Crippen LogP contribution in [0.5, 0.6) is 0 Å². The van der Waals surface area contributed by atoms with Gasteiger partial charge in [-0.15, -0.1) is 17.0 Å². The third kappa shape index (κ3) is 4.72. The van der Waals surface area contributed by atoms with Crippen molar-refractivity contribution in [2.75, 3.05) is 0 Å². The van der Waals surface area contributed by atoms with Gasteiger partial charge < -0.3 is 0 Å². The van der Waals surface area contributed by atoms with E-state index in [0.717, 1.165) is 15.7 Å². The molecule has 0 bridgehead atoms. The molecule has 2 aromatic carbocycles. The first-order chi connectivity index (χ1) is 11.1. The number of rotatable bonds is 4. The summed E-state index contributed by atoms with van der Waals surface area (Å²) in [5, 5.41) is 0.673. The molecule has 0 aliphatic rings. The highest BCUT2D eigenvalue weighted by molar-refractivity contribution is 9.10. The van der Waals surface area contributed by atoms with E-state index < -0.39 is 0 Å². The number of carbonyl (C=O) groups excluding carboxylic acids is 1. The fraction of sp³-hybridized carbons (Fsp3) is 0.0556. The van der Waals surface area contributed by atoms with Crippen LogP contribution in [0, 0.1) is 0 Å². The Labute approximate surface area is 164 Å². The molecule has 0 unspecified atom stereocenters. The Morgan fingerprint density at radius 2 is 1.88 bits per heavy atom. The fourth-order valence-electron chi connectivity index (χ4n) is 2.19. The maximum absolute atomic E-state index is 12.2. The Hall–Kier alpha value is -1.56. The van der Waals surface area contributed by atoms with Gasteiger partial charge in [0.25, 0.3) is 6.33 Å². The lowest BCUT2D eigenvalue weighted by molar-refractivity contribution is -0.686. The molecule has 122 valence electrons. The second-order valence-electron chi connectivity index (χ2n) is 5.06. The van der Waals surface area contributed by atoms with Crippen molar-refractivity contribution in [3.05, 3.63) is 82.2 Å². The van der Waals surface area contributed by atoms with Crippen LogP contribution in [0.2, 0.25) is 5.02 Å². The van der Waals surface area contributed by atoms with Crippen LogP contribution in [0.3, 0.4) is 0 Å². The SMILES string of the molecule is Br.O=C(C[n+]1ccc(-c2cccc(Cl)c2)nc1)c1ccc(Br)cc1. The second-order valence-corrected chi connectivity index (χ2v) is 6.41. The van der Waals surface area contributed by atoms with E-state index in [1.807, 2.05) is 48.7 Å². The summed E-state index contributed by atoms with van der Waals surface area (Å²) in [6.45, 7) is 0.254. The Bertz CT molecular complexity index is 836. The highest BCUT2D eigenvalue weighted by Crippen LogP contribution is 2.19. The second kappa shape index (κ2) is 8.51. The van der Waals surface area contributed by atoms with E-state index in [0.29, 0.717) is 10.6 Å². The third-order valence-electron chi connectivity index (χ3n) is 3.38. The monoisotopic (exact) mass is 467 g/mol. The van der Waals surface area contributed by atoms with Crippen molar-refractivity contribution in [1.29, 1.82) is 0 Å². The van der Waals surface area contributed by atoms with Gasteiger partial charge in [0.1, 0.15) is 0 Å². The fourth-order valence-corrected chi connectivity index (χ4v) is 2.64. The molecule has 0 aliphatic heterocycles. The van der Waals surface area contributed by atoms with Crippen molar-refractivity contribution in [3.63, 3.8) is 0 Å². The first kappa shape index (κ1) is 18.8. The van der Waals surface area contributed by atoms with Crippen molar-refractivity contribution < 1.29 is 9.36 Å². The number of hydrogen-bond donors (Lipinski definition) is 0. The van der Waals surface area contributed by atoms with Gasteiger partial charge in [0.15, 0.2) is 12.2 Å². The summed E-state index contributed by atoms with van der Waals surface area (Å²) in [7, 11) is 0. The molecule has 0 N–H and O–H groups in total. The zero-order valence-electron chi connectivity index (χ0n) is 12.5. The molecule has 1 heterocycles. The topological polar surface area (TPSA) is 33.8 Å². The molecule has 0 saturated heterocycles. The normalized spacial score (nSPS) is 10.1. The molecule has 3 rings (SSSR count). The first-order valence-electron chi connectivity index (χ1n) is 7.01. The number of aromatic nitrogens is 2. The van der Waals surface area contributed by atoms with Gasteiger partial charge in [0.2, 0.25) is 5.78 Å². The molecule has 0 spiro atoms. The van der Waals surface area contributed by atoms with Crippen molar-refractivity contribution in [2.45, 2.75) is 6.54 Å². The summed E-state index contributed by atoms with van der Waals surface area (Å²) in [5.74, 6) is 0.0415. The number of ketones is 1. The van der Waals surface area contributed by atoms with Gasteiger partial charge in [-0.1, -0.05) is 51.8 Å². The van der Waals surface area contributed by atoms with Gasteiger partial charge >= 0.3 is 0 Å². The summed E-state index contributed by atoms with van der Waals surface area (Å²) in [4.78, 5) is 16.6. The van der Waals surface area contributed by atoms with Gasteiger partial charge in [-0.25, -0.2) is 4.57 Å². The zero-order chi connectivity index (χ0) is 16.2. The van der Waals surface area contributed by atoms with Crippen molar-refractivity contribution >= 4 is 50.3 Å². The Kier molecular flexibility index (Phi) is 6.66. The lowest BCUT2D eigenvalue weighted by atomic mass is 10.1. The van der Waals surface area contributed by atoms with E-state index in [1.165, 1.54) is 0 Å². The summed E-state index contributed by atoms with van der Waals surface area (Å²) in [6, 6.07) is 16.7. The minimum atomic E-state index is 0. The maximum Gasteiger partial charge on any atom is 0.287 e. The van der Waals surface area contributed by atoms with Gasteiger partial charge in [0, 0.05) is 26.7 Å². The van der Waals surface area contributed by atoms with Crippen LogP contribution in [-0.2, 0) is 6.54 Å². The molecule has 0 aliphatic carbocycles. The largest absolute Gasteiger partial charge is 0.290 e.